The molecule has 0 radical (unpaired) electrons. The van der Waals surface area contributed by atoms with Crippen molar-refractivity contribution in [2.24, 2.45) is 4.99 Å². The second-order valence-corrected chi connectivity index (χ2v) is 7.80. The molecule has 2 N–H and O–H groups in total. The van der Waals surface area contributed by atoms with Crippen molar-refractivity contribution in [3.05, 3.63) is 53.7 Å². The molecular formula is C23H32N4O3. The van der Waals surface area contributed by atoms with E-state index in [2.05, 4.69) is 42.5 Å². The summed E-state index contributed by atoms with van der Waals surface area (Å²) in [5.41, 5.74) is 1.82. The van der Waals surface area contributed by atoms with Crippen molar-refractivity contribution in [1.82, 2.24) is 15.6 Å². The lowest BCUT2D eigenvalue weighted by Crippen LogP contribution is -2.45. The molecule has 0 bridgehead atoms. The van der Waals surface area contributed by atoms with E-state index in [4.69, 9.17) is 19.2 Å². The fourth-order valence-corrected chi connectivity index (χ4v) is 3.48. The van der Waals surface area contributed by atoms with Gasteiger partial charge in [0.1, 0.15) is 18.0 Å². The Hall–Kier alpha value is -2.80. The maximum absolute atomic E-state index is 6.15. The number of aromatic nitrogens is 1. The molecule has 2 heterocycles. The first-order valence-electron chi connectivity index (χ1n) is 10.4. The molecule has 1 aromatic heterocycles. The molecule has 1 aliphatic heterocycles. The van der Waals surface area contributed by atoms with E-state index in [1.165, 1.54) is 0 Å². The molecule has 0 amide bonds. The number of nitrogens with zero attached hydrogens (tertiary/aromatic N) is 2. The van der Waals surface area contributed by atoms with Crippen LogP contribution in [-0.2, 0) is 11.3 Å². The summed E-state index contributed by atoms with van der Waals surface area (Å²) < 4.78 is 16.9. The second-order valence-electron chi connectivity index (χ2n) is 7.80. The summed E-state index contributed by atoms with van der Waals surface area (Å²) in [6.07, 6.45) is 2.56. The van der Waals surface area contributed by atoms with Gasteiger partial charge in [-0.3, -0.25) is 0 Å². The van der Waals surface area contributed by atoms with Crippen molar-refractivity contribution in [2.45, 2.75) is 45.4 Å². The fraction of sp³-hybridized carbons (Fsp3) is 0.478. The van der Waals surface area contributed by atoms with Crippen LogP contribution in [0, 0.1) is 0 Å². The zero-order valence-corrected chi connectivity index (χ0v) is 18.3. The van der Waals surface area contributed by atoms with Crippen molar-refractivity contribution in [3.63, 3.8) is 0 Å². The molecule has 3 rings (SSSR count). The Morgan fingerprint density at radius 3 is 2.87 bits per heavy atom. The zero-order valence-electron chi connectivity index (χ0n) is 18.3. The Bertz CT molecular complexity index is 854. The largest absolute Gasteiger partial charge is 0.487 e. The van der Waals surface area contributed by atoms with Gasteiger partial charge < -0.3 is 24.8 Å². The number of hydrogen-bond donors (Lipinski definition) is 2. The Balaban J connectivity index is 1.76. The highest BCUT2D eigenvalue weighted by molar-refractivity contribution is 5.80. The Kier molecular flexibility index (Phi) is 7.52. The number of guanidine groups is 1. The highest BCUT2D eigenvalue weighted by Gasteiger charge is 2.33. The zero-order chi connectivity index (χ0) is 21.4. The molecule has 0 aliphatic carbocycles. The van der Waals surface area contributed by atoms with Crippen LogP contribution in [0.4, 0.5) is 0 Å². The smallest absolute Gasteiger partial charge is 0.218 e. The van der Waals surface area contributed by atoms with E-state index < -0.39 is 0 Å². The van der Waals surface area contributed by atoms with Gasteiger partial charge in [-0.05, 0) is 32.9 Å². The number of benzene rings is 1. The van der Waals surface area contributed by atoms with E-state index in [-0.39, 0.29) is 11.6 Å². The number of aliphatic imine (C=N–C) groups is 1. The molecule has 7 nitrogen and oxygen atoms in total. The molecule has 0 spiro atoms. The number of fused-ring (bicyclic) bond motifs is 1. The summed E-state index contributed by atoms with van der Waals surface area (Å²) in [6.45, 7) is 8.48. The molecule has 0 saturated heterocycles. The summed E-state index contributed by atoms with van der Waals surface area (Å²) in [5.74, 6) is 2.26. The first-order chi connectivity index (χ1) is 14.5. The predicted molar refractivity (Wildman–Crippen MR) is 118 cm³/mol. The standard InChI is InChI=1S/C23H32N4O3/c1-5-24-22(26-16-17-9-8-12-25-21(17)29-14-13-28-4)27-19-15-23(2,3)30-20-11-7-6-10-18(19)20/h6-12,19H,5,13-16H2,1-4H3,(H2,24,26,27). The maximum atomic E-state index is 6.15. The lowest BCUT2D eigenvalue weighted by molar-refractivity contribution is 0.0694. The van der Waals surface area contributed by atoms with Gasteiger partial charge in [-0.15, -0.1) is 0 Å². The van der Waals surface area contributed by atoms with Crippen LogP contribution in [0.3, 0.4) is 0 Å². The van der Waals surface area contributed by atoms with Crippen LogP contribution in [0.15, 0.2) is 47.6 Å². The van der Waals surface area contributed by atoms with Gasteiger partial charge in [0.25, 0.3) is 0 Å². The van der Waals surface area contributed by atoms with Crippen LogP contribution in [0.25, 0.3) is 0 Å². The van der Waals surface area contributed by atoms with Gasteiger partial charge in [0.2, 0.25) is 5.88 Å². The normalized spacial score (nSPS) is 17.6. The fourth-order valence-electron chi connectivity index (χ4n) is 3.48. The van der Waals surface area contributed by atoms with Gasteiger partial charge in [0.15, 0.2) is 5.96 Å². The lowest BCUT2D eigenvalue weighted by Gasteiger charge is -2.38. The van der Waals surface area contributed by atoms with Gasteiger partial charge in [-0.25, -0.2) is 9.98 Å². The van der Waals surface area contributed by atoms with Gasteiger partial charge in [-0.2, -0.15) is 0 Å². The third-order valence-electron chi connectivity index (χ3n) is 4.82. The summed E-state index contributed by atoms with van der Waals surface area (Å²) >= 11 is 0. The topological polar surface area (TPSA) is 77.0 Å². The van der Waals surface area contributed by atoms with Gasteiger partial charge in [-0.1, -0.05) is 24.3 Å². The van der Waals surface area contributed by atoms with Crippen molar-refractivity contribution in [3.8, 4) is 11.6 Å². The predicted octanol–water partition coefficient (Wildman–Crippen LogP) is 3.46. The van der Waals surface area contributed by atoms with E-state index >= 15 is 0 Å². The van der Waals surface area contributed by atoms with Crippen molar-refractivity contribution >= 4 is 5.96 Å². The number of methoxy groups -OCH3 is 1. The number of para-hydroxylation sites is 1. The molecule has 0 saturated carbocycles. The first-order valence-corrected chi connectivity index (χ1v) is 10.4. The minimum absolute atomic E-state index is 0.106. The van der Waals surface area contributed by atoms with Crippen LogP contribution < -0.4 is 20.1 Å². The highest BCUT2D eigenvalue weighted by Crippen LogP contribution is 2.39. The molecule has 1 aromatic carbocycles. The summed E-state index contributed by atoms with van der Waals surface area (Å²) in [4.78, 5) is 9.12. The first kappa shape index (κ1) is 21.9. The van der Waals surface area contributed by atoms with Crippen LogP contribution in [0.2, 0.25) is 0 Å². The average Bonchev–Trinajstić information content (AvgIpc) is 2.72. The van der Waals surface area contributed by atoms with Crippen molar-refractivity contribution in [1.29, 1.82) is 0 Å². The summed E-state index contributed by atoms with van der Waals surface area (Å²) in [7, 11) is 1.65. The van der Waals surface area contributed by atoms with E-state index in [1.54, 1.807) is 13.3 Å². The average molecular weight is 413 g/mol. The van der Waals surface area contributed by atoms with Gasteiger partial charge >= 0.3 is 0 Å². The number of nitrogens with one attached hydrogen (secondary N) is 2. The van der Waals surface area contributed by atoms with Crippen LogP contribution in [0.5, 0.6) is 11.6 Å². The Morgan fingerprint density at radius 1 is 1.23 bits per heavy atom. The molecule has 30 heavy (non-hydrogen) atoms. The minimum Gasteiger partial charge on any atom is -0.487 e. The molecule has 1 atom stereocenters. The third-order valence-corrected chi connectivity index (χ3v) is 4.82. The Morgan fingerprint density at radius 2 is 2.07 bits per heavy atom. The SMILES string of the molecule is CCNC(=NCc1cccnc1OCCOC)NC1CC(C)(C)Oc2ccccc21. The van der Waals surface area contributed by atoms with E-state index in [1.807, 2.05) is 30.3 Å². The molecule has 1 aliphatic rings. The quantitative estimate of drug-likeness (QED) is 0.393. The molecule has 162 valence electrons. The van der Waals surface area contributed by atoms with E-state index in [0.717, 1.165) is 35.8 Å². The van der Waals surface area contributed by atoms with Crippen LogP contribution >= 0.6 is 0 Å². The number of ether oxygens (including phenoxy) is 3. The number of hydrogen-bond acceptors (Lipinski definition) is 5. The van der Waals surface area contributed by atoms with Crippen molar-refractivity contribution in [2.75, 3.05) is 26.9 Å². The van der Waals surface area contributed by atoms with Crippen LogP contribution in [-0.4, -0.2) is 43.4 Å². The minimum atomic E-state index is -0.255. The maximum Gasteiger partial charge on any atom is 0.218 e. The van der Waals surface area contributed by atoms with Gasteiger partial charge in [0.05, 0.1) is 19.2 Å². The monoisotopic (exact) mass is 412 g/mol. The lowest BCUT2D eigenvalue weighted by atomic mass is 9.90. The van der Waals surface area contributed by atoms with Crippen molar-refractivity contribution < 1.29 is 14.2 Å². The second kappa shape index (κ2) is 10.3. The van der Waals surface area contributed by atoms with E-state index in [0.29, 0.717) is 25.6 Å². The van der Waals surface area contributed by atoms with Crippen LogP contribution in [0.1, 0.15) is 44.4 Å². The van der Waals surface area contributed by atoms with E-state index in [9.17, 15) is 0 Å². The summed E-state index contributed by atoms with van der Waals surface area (Å²) in [5, 5.41) is 6.94. The number of rotatable bonds is 8. The highest BCUT2D eigenvalue weighted by atomic mass is 16.5. The summed E-state index contributed by atoms with van der Waals surface area (Å²) in [6, 6.07) is 12.2. The molecule has 2 aromatic rings. The molecule has 0 fully saturated rings. The molecular weight excluding hydrogens is 380 g/mol. The van der Waals surface area contributed by atoms with Gasteiger partial charge in [0, 0.05) is 37.4 Å². The third kappa shape index (κ3) is 5.86. The Labute approximate surface area is 178 Å². The molecule has 1 unspecified atom stereocenters. The molecule has 7 heteroatoms. The number of pyridine rings is 1.